The monoisotopic (exact) mass is 701 g/mol. The van der Waals surface area contributed by atoms with Crippen molar-refractivity contribution in [2.45, 2.75) is 88.0 Å². The minimum atomic E-state index is -1.03. The molecule has 2 aromatic carbocycles. The second-order valence-electron chi connectivity index (χ2n) is 16.4. The Labute approximate surface area is 306 Å². The van der Waals surface area contributed by atoms with Gasteiger partial charge in [0.05, 0.1) is 19.2 Å². The number of aromatic nitrogens is 1. The predicted octanol–water partition coefficient (Wildman–Crippen LogP) is 5.60. The minimum absolute atomic E-state index is 0.00171. The first-order valence-electron chi connectivity index (χ1n) is 19.3. The Morgan fingerprint density at radius 1 is 1.17 bits per heavy atom. The van der Waals surface area contributed by atoms with Crippen LogP contribution in [0.4, 0.5) is 5.69 Å². The van der Waals surface area contributed by atoms with Crippen molar-refractivity contribution in [1.82, 2.24) is 14.8 Å². The number of ether oxygens (including phenoxy) is 2. The van der Waals surface area contributed by atoms with Crippen LogP contribution in [0.1, 0.15) is 68.8 Å². The number of H-pyrrole nitrogens is 1. The molecule has 1 aromatic heterocycles. The number of anilines is 1. The summed E-state index contributed by atoms with van der Waals surface area (Å²) >= 11 is 0. The van der Waals surface area contributed by atoms with Crippen LogP contribution >= 0.6 is 0 Å². The van der Waals surface area contributed by atoms with E-state index in [0.29, 0.717) is 12.2 Å². The molecular formula is C43H51N5O4. The van der Waals surface area contributed by atoms with Crippen molar-refractivity contribution in [1.29, 1.82) is 5.26 Å². The first-order valence-corrected chi connectivity index (χ1v) is 19.3. The van der Waals surface area contributed by atoms with Crippen LogP contribution in [0.5, 0.6) is 5.75 Å². The van der Waals surface area contributed by atoms with Gasteiger partial charge in [0.1, 0.15) is 23.4 Å². The molecule has 0 amide bonds. The number of esters is 1. The van der Waals surface area contributed by atoms with Gasteiger partial charge in [0.2, 0.25) is 0 Å². The number of nitriles is 1. The first-order chi connectivity index (χ1) is 25.1. The standard InChI is InChI=1S/C43H51N5O4/c1-6-27-19-28-22-42(25-44,37-30(13-17-47(23-27)24-28)29-11-8-9-12-33(29)45-37)32-20-31-34(21-35(32)51-5)46(4)38-36(50)39(52-26(3)49)41(7-2)14-10-16-48-18-15-43(31,38)40(41)48/h8-12,14,19-21,28,36,38-40,45,50H,6-7,13,15-18,22-24H2,1-5H3/t28-,36-,38?,39-,40-,41-,42-,43-/m0/s1. The van der Waals surface area contributed by atoms with Crippen LogP contribution in [0, 0.1) is 22.7 Å². The van der Waals surface area contributed by atoms with Crippen molar-refractivity contribution in [3.8, 4) is 11.8 Å². The molecule has 1 aliphatic carbocycles. The largest absolute Gasteiger partial charge is 0.496 e. The highest BCUT2D eigenvalue weighted by molar-refractivity contribution is 5.86. The summed E-state index contributed by atoms with van der Waals surface area (Å²) in [6, 6.07) is 15.6. The third kappa shape index (κ3) is 4.35. The number of rotatable bonds is 5. The SMILES string of the molecule is CCC1=C[C@@H]2CN(CCc3c([nH]c4ccccc34)[C@@](C#N)(c3cc4c(cc3OC)N(C)C3[C@H](O)[C@H](OC(C)=O)[C@]5(CC)C=CCN6CC[C@]43[C@@H]65)C2)C1. The van der Waals surface area contributed by atoms with Crippen LogP contribution in [-0.2, 0) is 26.8 Å². The second-order valence-corrected chi connectivity index (χ2v) is 16.4. The number of aliphatic hydroxyl groups excluding tert-OH is 1. The summed E-state index contributed by atoms with van der Waals surface area (Å²) in [5, 5.41) is 25.5. The number of aliphatic hydroxyl groups is 1. The van der Waals surface area contributed by atoms with Crippen molar-refractivity contribution < 1.29 is 19.4 Å². The molecule has 2 fully saturated rings. The molecule has 1 saturated carbocycles. The minimum Gasteiger partial charge on any atom is -0.496 e. The molecule has 6 heterocycles. The average Bonchev–Trinajstić information content (AvgIpc) is 3.81. The number of para-hydroxylation sites is 1. The Morgan fingerprint density at radius 2 is 2.00 bits per heavy atom. The maximum absolute atomic E-state index is 12.6. The molecule has 272 valence electrons. The van der Waals surface area contributed by atoms with Gasteiger partial charge in [0.15, 0.2) is 0 Å². The molecule has 5 aliphatic heterocycles. The van der Waals surface area contributed by atoms with Crippen LogP contribution in [-0.4, -0.2) is 97.0 Å². The van der Waals surface area contributed by atoms with E-state index < -0.39 is 28.5 Å². The quantitative estimate of drug-likeness (QED) is 0.262. The van der Waals surface area contributed by atoms with E-state index in [0.717, 1.165) is 80.9 Å². The van der Waals surface area contributed by atoms with Crippen molar-refractivity contribution in [2.75, 3.05) is 51.8 Å². The van der Waals surface area contributed by atoms with E-state index in [1.165, 1.54) is 29.0 Å². The Morgan fingerprint density at radius 3 is 2.75 bits per heavy atom. The van der Waals surface area contributed by atoms with Crippen molar-refractivity contribution in [3.63, 3.8) is 0 Å². The number of fused-ring (bicyclic) bond motifs is 6. The van der Waals surface area contributed by atoms with Gasteiger partial charge in [-0.15, -0.1) is 0 Å². The molecule has 9 heteroatoms. The van der Waals surface area contributed by atoms with E-state index in [4.69, 9.17) is 9.47 Å². The van der Waals surface area contributed by atoms with Gasteiger partial charge in [0, 0.05) is 90.9 Å². The van der Waals surface area contributed by atoms with Crippen LogP contribution in [0.2, 0.25) is 0 Å². The zero-order valence-electron chi connectivity index (χ0n) is 31.1. The van der Waals surface area contributed by atoms with Gasteiger partial charge in [-0.25, -0.2) is 0 Å². The maximum atomic E-state index is 12.6. The second kappa shape index (κ2) is 12.0. The number of likely N-dealkylation sites (N-methyl/N-ethyl adjacent to an activating group) is 1. The highest BCUT2D eigenvalue weighted by Crippen LogP contribution is 2.66. The van der Waals surface area contributed by atoms with Crippen LogP contribution in [0.15, 0.2) is 60.2 Å². The molecule has 2 bridgehead atoms. The summed E-state index contributed by atoms with van der Waals surface area (Å²) in [7, 11) is 3.78. The first kappa shape index (κ1) is 33.7. The van der Waals surface area contributed by atoms with Gasteiger partial charge in [-0.3, -0.25) is 14.6 Å². The van der Waals surface area contributed by atoms with Crippen molar-refractivity contribution >= 4 is 22.6 Å². The maximum Gasteiger partial charge on any atom is 0.303 e. The number of methoxy groups -OCH3 is 1. The number of nitrogens with one attached hydrogen (secondary N) is 1. The van der Waals surface area contributed by atoms with Gasteiger partial charge in [-0.2, -0.15) is 5.26 Å². The normalized spacial score (nSPS) is 36.0. The van der Waals surface area contributed by atoms with Gasteiger partial charge < -0.3 is 24.5 Å². The Hall–Kier alpha value is -4.10. The smallest absolute Gasteiger partial charge is 0.303 e. The molecule has 9 rings (SSSR count). The lowest BCUT2D eigenvalue weighted by Gasteiger charge is -2.60. The summed E-state index contributed by atoms with van der Waals surface area (Å²) < 4.78 is 12.5. The van der Waals surface area contributed by atoms with Gasteiger partial charge in [-0.1, -0.05) is 55.8 Å². The van der Waals surface area contributed by atoms with Gasteiger partial charge >= 0.3 is 5.97 Å². The molecule has 1 saturated heterocycles. The lowest BCUT2D eigenvalue weighted by Crippen LogP contribution is -2.74. The lowest BCUT2D eigenvalue weighted by atomic mass is 9.51. The van der Waals surface area contributed by atoms with Crippen molar-refractivity contribution in [3.05, 3.63) is 82.6 Å². The zero-order chi connectivity index (χ0) is 36.2. The average molecular weight is 702 g/mol. The number of hydrogen-bond donors (Lipinski definition) is 2. The molecule has 0 radical (unpaired) electrons. The van der Waals surface area contributed by atoms with Crippen molar-refractivity contribution in [2.24, 2.45) is 11.3 Å². The lowest BCUT2D eigenvalue weighted by molar-refractivity contribution is -0.184. The molecule has 6 aliphatic rings. The van der Waals surface area contributed by atoms with Gasteiger partial charge in [-0.05, 0) is 67.8 Å². The molecule has 2 N–H and O–H groups in total. The Kier molecular flexibility index (Phi) is 7.75. The predicted molar refractivity (Wildman–Crippen MR) is 202 cm³/mol. The Balaban J connectivity index is 1.31. The van der Waals surface area contributed by atoms with E-state index in [2.05, 4.69) is 101 Å². The fourth-order valence-electron chi connectivity index (χ4n) is 12.2. The van der Waals surface area contributed by atoms with Crippen LogP contribution in [0.25, 0.3) is 10.9 Å². The topological polar surface area (TPSA) is 105 Å². The Bertz CT molecular complexity index is 2060. The van der Waals surface area contributed by atoms with Crippen LogP contribution < -0.4 is 9.64 Å². The summed E-state index contributed by atoms with van der Waals surface area (Å²) in [6.07, 6.45) is 9.34. The fraction of sp³-hybridized carbons (Fsp3) is 0.535. The van der Waals surface area contributed by atoms with E-state index in [1.807, 2.05) is 0 Å². The highest BCUT2D eigenvalue weighted by atomic mass is 16.6. The molecule has 3 aromatic rings. The fourth-order valence-corrected chi connectivity index (χ4v) is 12.2. The summed E-state index contributed by atoms with van der Waals surface area (Å²) in [4.78, 5) is 23.8. The molecule has 1 spiro atoms. The summed E-state index contributed by atoms with van der Waals surface area (Å²) in [5.41, 5.74) is 5.69. The van der Waals surface area contributed by atoms with Gasteiger partial charge in [0.25, 0.3) is 0 Å². The molecule has 2 unspecified atom stereocenters. The van der Waals surface area contributed by atoms with E-state index in [-0.39, 0.29) is 24.0 Å². The highest BCUT2D eigenvalue weighted by Gasteiger charge is 2.73. The van der Waals surface area contributed by atoms with E-state index >= 15 is 0 Å². The number of benzene rings is 2. The van der Waals surface area contributed by atoms with E-state index in [9.17, 15) is 15.2 Å². The molecule has 9 nitrogen and oxygen atoms in total. The van der Waals surface area contributed by atoms with Crippen LogP contribution in [0.3, 0.4) is 0 Å². The third-order valence-corrected chi connectivity index (χ3v) is 14.1. The number of carbonyl (C=O) groups excluding carboxylic acids is 1. The molecular weight excluding hydrogens is 651 g/mol. The number of hydrogen-bond acceptors (Lipinski definition) is 8. The van der Waals surface area contributed by atoms with E-state index in [1.54, 1.807) is 7.11 Å². The number of carbonyl (C=O) groups is 1. The zero-order valence-corrected chi connectivity index (χ0v) is 31.1. The molecule has 9 atom stereocenters. The number of nitrogens with zero attached hydrogens (tertiary/aromatic N) is 4. The third-order valence-electron chi connectivity index (χ3n) is 14.1. The summed E-state index contributed by atoms with van der Waals surface area (Å²) in [5.74, 6) is 0.498. The summed E-state index contributed by atoms with van der Waals surface area (Å²) in [6.45, 7) is 10.4. The number of aromatic amines is 1. The molecule has 52 heavy (non-hydrogen) atoms.